The van der Waals surface area contributed by atoms with Crippen molar-refractivity contribution in [2.24, 2.45) is 0 Å². The van der Waals surface area contributed by atoms with Crippen molar-refractivity contribution in [1.29, 1.82) is 0 Å². The summed E-state index contributed by atoms with van der Waals surface area (Å²) in [6.45, 7) is 1.71. The summed E-state index contributed by atoms with van der Waals surface area (Å²) in [6.07, 6.45) is 5.93. The van der Waals surface area contributed by atoms with Crippen molar-refractivity contribution in [2.75, 3.05) is 11.9 Å². The number of pyridine rings is 1. The van der Waals surface area contributed by atoms with Crippen LogP contribution in [-0.2, 0) is 6.54 Å². The van der Waals surface area contributed by atoms with Gasteiger partial charge in [-0.05, 0) is 61.3 Å². The normalized spacial score (nSPS) is 17.1. The van der Waals surface area contributed by atoms with E-state index in [1.165, 1.54) is 16.9 Å². The van der Waals surface area contributed by atoms with E-state index in [2.05, 4.69) is 37.5 Å². The Labute approximate surface area is 166 Å². The molecule has 3 aromatic rings. The van der Waals surface area contributed by atoms with Gasteiger partial charge in [-0.3, -0.25) is 14.7 Å². The van der Waals surface area contributed by atoms with Gasteiger partial charge in [0.25, 0.3) is 5.91 Å². The van der Waals surface area contributed by atoms with Gasteiger partial charge in [0.05, 0.1) is 6.54 Å². The molecular formula is C19H18ClN5OS. The molecule has 6 nitrogen and oxygen atoms in total. The highest BCUT2D eigenvalue weighted by molar-refractivity contribution is 7.13. The van der Waals surface area contributed by atoms with Crippen LogP contribution >= 0.6 is 22.9 Å². The van der Waals surface area contributed by atoms with E-state index < -0.39 is 0 Å². The molecule has 1 unspecified atom stereocenters. The lowest BCUT2D eigenvalue weighted by atomic mass is 10.1. The van der Waals surface area contributed by atoms with Crippen molar-refractivity contribution in [3.05, 3.63) is 69.4 Å². The lowest BCUT2D eigenvalue weighted by Gasteiger charge is -2.23. The molecule has 0 aliphatic carbocycles. The average Bonchev–Trinajstić information content (AvgIpc) is 3.34. The summed E-state index contributed by atoms with van der Waals surface area (Å²) in [5.41, 5.74) is 1.95. The minimum absolute atomic E-state index is 0.256. The number of hydrogen-bond donors (Lipinski definition) is 1. The zero-order valence-electron chi connectivity index (χ0n) is 14.5. The third-order valence-electron chi connectivity index (χ3n) is 4.56. The molecule has 0 saturated carbocycles. The van der Waals surface area contributed by atoms with Crippen LogP contribution in [0.2, 0.25) is 5.02 Å². The molecule has 1 aromatic carbocycles. The van der Waals surface area contributed by atoms with Crippen molar-refractivity contribution >= 4 is 34.5 Å². The van der Waals surface area contributed by atoms with Crippen LogP contribution in [0.5, 0.6) is 0 Å². The van der Waals surface area contributed by atoms with Crippen LogP contribution in [-0.4, -0.2) is 32.5 Å². The minimum Gasteiger partial charge on any atom is -0.320 e. The van der Waals surface area contributed by atoms with Gasteiger partial charge in [-0.15, -0.1) is 10.2 Å². The highest BCUT2D eigenvalue weighted by Crippen LogP contribution is 2.33. The topological polar surface area (TPSA) is 71.0 Å². The monoisotopic (exact) mass is 399 g/mol. The van der Waals surface area contributed by atoms with Gasteiger partial charge in [-0.25, -0.2) is 0 Å². The number of nitrogens with one attached hydrogen (secondary N) is 1. The number of likely N-dealkylation sites (tertiary alicyclic amines) is 1. The summed E-state index contributed by atoms with van der Waals surface area (Å²) in [7, 11) is 0. The van der Waals surface area contributed by atoms with Crippen LogP contribution in [0, 0.1) is 0 Å². The second kappa shape index (κ2) is 8.12. The van der Waals surface area contributed by atoms with E-state index in [0.29, 0.717) is 28.3 Å². The first-order valence-corrected chi connectivity index (χ1v) is 9.92. The molecule has 1 saturated heterocycles. The minimum atomic E-state index is -0.256. The number of hydrogen-bond acceptors (Lipinski definition) is 6. The predicted molar refractivity (Wildman–Crippen MR) is 106 cm³/mol. The molecule has 0 spiro atoms. The van der Waals surface area contributed by atoms with Gasteiger partial charge < -0.3 is 5.32 Å². The van der Waals surface area contributed by atoms with Crippen molar-refractivity contribution in [2.45, 2.75) is 25.4 Å². The number of anilines is 1. The maximum atomic E-state index is 12.4. The van der Waals surface area contributed by atoms with Crippen molar-refractivity contribution in [3.8, 4) is 0 Å². The molecule has 1 atom stereocenters. The second-order valence-electron chi connectivity index (χ2n) is 6.37. The van der Waals surface area contributed by atoms with E-state index in [1.807, 2.05) is 12.4 Å². The number of benzene rings is 1. The van der Waals surface area contributed by atoms with E-state index in [0.717, 1.165) is 24.4 Å². The molecule has 3 heterocycles. The van der Waals surface area contributed by atoms with E-state index in [1.54, 1.807) is 24.3 Å². The summed E-state index contributed by atoms with van der Waals surface area (Å²) in [6, 6.07) is 11.5. The number of aromatic nitrogens is 3. The molecule has 8 heteroatoms. The summed E-state index contributed by atoms with van der Waals surface area (Å²) in [5.74, 6) is -0.256. The highest BCUT2D eigenvalue weighted by Gasteiger charge is 2.27. The van der Waals surface area contributed by atoms with Gasteiger partial charge in [-0.1, -0.05) is 22.9 Å². The van der Waals surface area contributed by atoms with E-state index in [-0.39, 0.29) is 5.91 Å². The van der Waals surface area contributed by atoms with E-state index in [9.17, 15) is 4.79 Å². The maximum Gasteiger partial charge on any atom is 0.286 e. The third kappa shape index (κ3) is 4.32. The van der Waals surface area contributed by atoms with E-state index >= 15 is 0 Å². The standard InChI is InChI=1S/C19H18ClN5OS/c20-14-3-5-15(6-4-14)22-18(26)19-24-23-17(27-19)12-25-11-1-2-16(25)13-7-9-21-10-8-13/h3-10,16H,1-2,11-12H2,(H,22,26). The first kappa shape index (κ1) is 18.0. The molecule has 1 fully saturated rings. The molecule has 0 bridgehead atoms. The van der Waals surface area contributed by atoms with Crippen LogP contribution in [0.25, 0.3) is 0 Å². The van der Waals surface area contributed by atoms with Crippen LogP contribution in [0.15, 0.2) is 48.8 Å². The van der Waals surface area contributed by atoms with Crippen molar-refractivity contribution in [1.82, 2.24) is 20.1 Å². The Bertz CT molecular complexity index is 915. The smallest absolute Gasteiger partial charge is 0.286 e. The van der Waals surface area contributed by atoms with Gasteiger partial charge in [-0.2, -0.15) is 0 Å². The number of nitrogens with zero attached hydrogens (tertiary/aromatic N) is 4. The Morgan fingerprint density at radius 1 is 1.19 bits per heavy atom. The number of rotatable bonds is 5. The van der Waals surface area contributed by atoms with Gasteiger partial charge in [0, 0.05) is 29.1 Å². The molecule has 1 N–H and O–H groups in total. The summed E-state index contributed by atoms with van der Waals surface area (Å²) in [4.78, 5) is 18.9. The quantitative estimate of drug-likeness (QED) is 0.697. The molecule has 4 rings (SSSR count). The fourth-order valence-electron chi connectivity index (χ4n) is 3.28. The van der Waals surface area contributed by atoms with E-state index in [4.69, 9.17) is 11.6 Å². The molecule has 2 aromatic heterocycles. The SMILES string of the molecule is O=C(Nc1ccc(Cl)cc1)c1nnc(CN2CCCC2c2ccncc2)s1. The third-order valence-corrected chi connectivity index (χ3v) is 5.71. The molecule has 0 radical (unpaired) electrons. The first-order chi connectivity index (χ1) is 13.2. The number of amides is 1. The van der Waals surface area contributed by atoms with Gasteiger partial charge in [0.1, 0.15) is 5.01 Å². The first-order valence-electron chi connectivity index (χ1n) is 8.72. The zero-order chi connectivity index (χ0) is 18.6. The van der Waals surface area contributed by atoms with Crippen LogP contribution < -0.4 is 5.32 Å². The van der Waals surface area contributed by atoms with Crippen LogP contribution in [0.4, 0.5) is 5.69 Å². The zero-order valence-corrected chi connectivity index (χ0v) is 16.1. The summed E-state index contributed by atoms with van der Waals surface area (Å²) >= 11 is 7.20. The van der Waals surface area contributed by atoms with Gasteiger partial charge >= 0.3 is 0 Å². The van der Waals surface area contributed by atoms with Crippen molar-refractivity contribution in [3.63, 3.8) is 0 Å². The lowest BCUT2D eigenvalue weighted by Crippen LogP contribution is -2.22. The van der Waals surface area contributed by atoms with Gasteiger partial charge in [0.2, 0.25) is 5.01 Å². The number of halogens is 1. The fourth-order valence-corrected chi connectivity index (χ4v) is 4.17. The molecule has 27 heavy (non-hydrogen) atoms. The molecule has 138 valence electrons. The number of carbonyl (C=O) groups is 1. The Balaban J connectivity index is 1.41. The fraction of sp³-hybridized carbons (Fsp3) is 0.263. The molecule has 1 aliphatic heterocycles. The Morgan fingerprint density at radius 2 is 1.96 bits per heavy atom. The van der Waals surface area contributed by atoms with Gasteiger partial charge in [0.15, 0.2) is 0 Å². The largest absolute Gasteiger partial charge is 0.320 e. The molecule has 1 amide bonds. The van der Waals surface area contributed by atoms with Crippen molar-refractivity contribution < 1.29 is 4.79 Å². The van der Waals surface area contributed by atoms with Crippen LogP contribution in [0.3, 0.4) is 0 Å². The lowest BCUT2D eigenvalue weighted by molar-refractivity contribution is 0.102. The second-order valence-corrected chi connectivity index (χ2v) is 7.87. The Kier molecular flexibility index (Phi) is 5.42. The molecule has 1 aliphatic rings. The predicted octanol–water partition coefficient (Wildman–Crippen LogP) is 4.18. The summed E-state index contributed by atoms with van der Waals surface area (Å²) < 4.78 is 0. The molecular weight excluding hydrogens is 382 g/mol. The summed E-state index contributed by atoms with van der Waals surface area (Å²) in [5, 5.41) is 12.9. The Morgan fingerprint density at radius 3 is 2.74 bits per heavy atom. The van der Waals surface area contributed by atoms with Crippen LogP contribution in [0.1, 0.15) is 39.3 Å². The highest BCUT2D eigenvalue weighted by atomic mass is 35.5. The average molecular weight is 400 g/mol. The number of carbonyl (C=O) groups excluding carboxylic acids is 1. The Hall–Kier alpha value is -2.35. The maximum absolute atomic E-state index is 12.4.